The molecule has 1 amide bonds. The van der Waals surface area contributed by atoms with Crippen molar-refractivity contribution in [2.75, 3.05) is 25.0 Å². The van der Waals surface area contributed by atoms with Gasteiger partial charge in [0.05, 0.1) is 11.7 Å². The summed E-state index contributed by atoms with van der Waals surface area (Å²) in [6, 6.07) is 3.43. The Hall–Kier alpha value is -0.880. The molecule has 0 spiro atoms. The molecule has 2 aliphatic heterocycles. The summed E-state index contributed by atoms with van der Waals surface area (Å²) in [6.45, 7) is 7.51. The maximum absolute atomic E-state index is 14.8. The number of fused-ring (bicyclic) bond motifs is 1. The first-order valence-corrected chi connectivity index (χ1v) is 9.14. The van der Waals surface area contributed by atoms with Crippen molar-refractivity contribution in [1.82, 2.24) is 10.2 Å². The first-order chi connectivity index (χ1) is 11.6. The van der Waals surface area contributed by atoms with Crippen molar-refractivity contribution in [3.63, 3.8) is 0 Å². The van der Waals surface area contributed by atoms with E-state index in [9.17, 15) is 9.18 Å². The van der Waals surface area contributed by atoms with Crippen LogP contribution in [0.5, 0.6) is 0 Å². The maximum Gasteiger partial charge on any atom is 0.242 e. The molecular weight excluding hydrogens is 376 g/mol. The lowest BCUT2D eigenvalue weighted by Gasteiger charge is -2.36. The average Bonchev–Trinajstić information content (AvgIpc) is 2.58. The van der Waals surface area contributed by atoms with E-state index < -0.39 is 0 Å². The molecule has 1 fully saturated rings. The highest BCUT2D eigenvalue weighted by molar-refractivity contribution is 5.95. The van der Waals surface area contributed by atoms with Crippen molar-refractivity contribution in [2.45, 2.75) is 52.1 Å². The number of rotatable bonds is 4. The summed E-state index contributed by atoms with van der Waals surface area (Å²) in [5.74, 6) is -0.142. The van der Waals surface area contributed by atoms with Gasteiger partial charge >= 0.3 is 0 Å². The lowest BCUT2D eigenvalue weighted by Crippen LogP contribution is -2.49. The number of benzene rings is 1. The summed E-state index contributed by atoms with van der Waals surface area (Å²) >= 11 is 0. The second kappa shape index (κ2) is 10.5. The molecule has 0 saturated carbocycles. The minimum Gasteiger partial charge on any atom is -0.322 e. The van der Waals surface area contributed by atoms with Crippen LogP contribution in [-0.2, 0) is 17.8 Å². The molecular formula is C19H30Cl2FN3O. The molecule has 26 heavy (non-hydrogen) atoms. The van der Waals surface area contributed by atoms with Gasteiger partial charge in [-0.3, -0.25) is 9.69 Å². The molecule has 2 N–H and O–H groups in total. The van der Waals surface area contributed by atoms with E-state index in [1.807, 2.05) is 6.07 Å². The molecule has 1 saturated heterocycles. The van der Waals surface area contributed by atoms with E-state index in [2.05, 4.69) is 29.4 Å². The highest BCUT2D eigenvalue weighted by Gasteiger charge is 2.30. The first kappa shape index (κ1) is 23.2. The molecule has 0 radical (unpaired) electrons. The lowest BCUT2D eigenvalue weighted by atomic mass is 9.97. The molecule has 2 aliphatic rings. The number of carbonyl (C=O) groups excluding carboxylic acids is 1. The van der Waals surface area contributed by atoms with Gasteiger partial charge in [0.15, 0.2) is 0 Å². The van der Waals surface area contributed by atoms with Crippen molar-refractivity contribution in [2.24, 2.45) is 5.92 Å². The highest BCUT2D eigenvalue weighted by atomic mass is 35.5. The van der Waals surface area contributed by atoms with Crippen LogP contribution in [0.3, 0.4) is 0 Å². The molecule has 0 aromatic heterocycles. The molecule has 148 valence electrons. The molecule has 4 nitrogen and oxygen atoms in total. The second-order valence-electron chi connectivity index (χ2n) is 7.27. The van der Waals surface area contributed by atoms with Crippen molar-refractivity contribution in [3.8, 4) is 0 Å². The fourth-order valence-corrected chi connectivity index (χ4v) is 3.92. The van der Waals surface area contributed by atoms with Crippen molar-refractivity contribution in [1.29, 1.82) is 0 Å². The van der Waals surface area contributed by atoms with E-state index in [-0.39, 0.29) is 48.5 Å². The molecule has 1 aromatic carbocycles. The summed E-state index contributed by atoms with van der Waals surface area (Å²) in [5, 5.41) is 6.11. The van der Waals surface area contributed by atoms with Crippen LogP contribution in [0.25, 0.3) is 0 Å². The Balaban J connectivity index is 0.00000169. The van der Waals surface area contributed by atoms with Gasteiger partial charge < -0.3 is 10.6 Å². The monoisotopic (exact) mass is 405 g/mol. The smallest absolute Gasteiger partial charge is 0.242 e. The number of piperidine rings is 1. The van der Waals surface area contributed by atoms with Crippen LogP contribution in [0.2, 0.25) is 0 Å². The highest BCUT2D eigenvalue weighted by Crippen LogP contribution is 2.26. The first-order valence-electron chi connectivity index (χ1n) is 9.14. The summed E-state index contributed by atoms with van der Waals surface area (Å²) in [5.41, 5.74) is 2.06. The van der Waals surface area contributed by atoms with Gasteiger partial charge in [-0.2, -0.15) is 0 Å². The van der Waals surface area contributed by atoms with E-state index in [4.69, 9.17) is 0 Å². The van der Waals surface area contributed by atoms with E-state index in [0.29, 0.717) is 18.7 Å². The molecule has 1 aromatic rings. The topological polar surface area (TPSA) is 44.4 Å². The van der Waals surface area contributed by atoms with Gasteiger partial charge in [-0.25, -0.2) is 4.39 Å². The standard InChI is InChI=1S/C19H28FN3O.2ClH/c1-13(2)18(23-10-4-3-5-11-23)19(24)22-16-7-6-14-12-21-9-8-15(14)17(16)20;;/h6-7,13,18,21H,3-5,8-12H2,1-2H3,(H,22,24);2*1H. The van der Waals surface area contributed by atoms with Crippen LogP contribution in [0.15, 0.2) is 12.1 Å². The third kappa shape index (κ3) is 5.10. The molecule has 0 aliphatic carbocycles. The third-order valence-electron chi connectivity index (χ3n) is 5.15. The molecule has 1 unspecified atom stereocenters. The van der Waals surface area contributed by atoms with Gasteiger partial charge in [0, 0.05) is 6.54 Å². The molecule has 3 rings (SSSR count). The molecule has 7 heteroatoms. The number of amides is 1. The van der Waals surface area contributed by atoms with Crippen LogP contribution >= 0.6 is 24.8 Å². The van der Waals surface area contributed by atoms with E-state index in [0.717, 1.165) is 43.6 Å². The summed E-state index contributed by atoms with van der Waals surface area (Å²) < 4.78 is 14.8. The van der Waals surface area contributed by atoms with Crippen LogP contribution in [0.4, 0.5) is 10.1 Å². The normalized spacial score (nSPS) is 18.3. The third-order valence-corrected chi connectivity index (χ3v) is 5.15. The lowest BCUT2D eigenvalue weighted by molar-refractivity contribution is -0.123. The summed E-state index contributed by atoms with van der Waals surface area (Å²) in [7, 11) is 0. The maximum atomic E-state index is 14.8. The Kier molecular flexibility index (Phi) is 9.31. The number of anilines is 1. The Morgan fingerprint density at radius 2 is 1.88 bits per heavy atom. The van der Waals surface area contributed by atoms with Gasteiger partial charge in [-0.1, -0.05) is 26.3 Å². The minimum atomic E-state index is -0.261. The van der Waals surface area contributed by atoms with Crippen molar-refractivity contribution < 1.29 is 9.18 Å². The zero-order valence-corrected chi connectivity index (χ0v) is 17.1. The summed E-state index contributed by atoms with van der Waals surface area (Å²) in [4.78, 5) is 15.1. The SMILES string of the molecule is CC(C)C(C(=O)Nc1ccc2c(c1F)CCNC2)N1CCCCC1.Cl.Cl. The Morgan fingerprint density at radius 3 is 2.54 bits per heavy atom. The van der Waals surface area contributed by atoms with Gasteiger partial charge in [-0.05, 0) is 62.0 Å². The number of nitrogens with one attached hydrogen (secondary N) is 2. The number of halogens is 3. The van der Waals surface area contributed by atoms with Gasteiger partial charge in [0.25, 0.3) is 0 Å². The van der Waals surface area contributed by atoms with Gasteiger partial charge in [-0.15, -0.1) is 24.8 Å². The summed E-state index contributed by atoms with van der Waals surface area (Å²) in [6.07, 6.45) is 4.18. The predicted octanol–water partition coefficient (Wildman–Crippen LogP) is 3.76. The fraction of sp³-hybridized carbons (Fsp3) is 0.632. The number of hydrogen-bond acceptors (Lipinski definition) is 3. The van der Waals surface area contributed by atoms with Crippen molar-refractivity contribution >= 4 is 36.4 Å². The van der Waals surface area contributed by atoms with Gasteiger partial charge in [0.1, 0.15) is 5.82 Å². The average molecular weight is 406 g/mol. The van der Waals surface area contributed by atoms with Crippen LogP contribution in [-0.4, -0.2) is 36.5 Å². The van der Waals surface area contributed by atoms with Crippen LogP contribution in [0, 0.1) is 11.7 Å². The number of carbonyl (C=O) groups is 1. The number of likely N-dealkylation sites (tertiary alicyclic amines) is 1. The quantitative estimate of drug-likeness (QED) is 0.800. The van der Waals surface area contributed by atoms with E-state index in [1.165, 1.54) is 6.42 Å². The van der Waals surface area contributed by atoms with Crippen molar-refractivity contribution in [3.05, 3.63) is 29.1 Å². The van der Waals surface area contributed by atoms with E-state index in [1.54, 1.807) is 6.07 Å². The largest absolute Gasteiger partial charge is 0.322 e. The molecule has 2 heterocycles. The Morgan fingerprint density at radius 1 is 1.19 bits per heavy atom. The zero-order valence-electron chi connectivity index (χ0n) is 15.5. The molecule has 1 atom stereocenters. The predicted molar refractivity (Wildman–Crippen MR) is 109 cm³/mol. The van der Waals surface area contributed by atoms with Crippen LogP contribution in [0.1, 0.15) is 44.2 Å². The minimum absolute atomic E-state index is 0. The fourth-order valence-electron chi connectivity index (χ4n) is 3.92. The Bertz CT molecular complexity index is 607. The van der Waals surface area contributed by atoms with Crippen LogP contribution < -0.4 is 10.6 Å². The zero-order chi connectivity index (χ0) is 17.1. The van der Waals surface area contributed by atoms with E-state index >= 15 is 0 Å². The Labute approximate surface area is 168 Å². The van der Waals surface area contributed by atoms with Gasteiger partial charge in [0.2, 0.25) is 5.91 Å². The number of hydrogen-bond donors (Lipinski definition) is 2. The molecule has 0 bridgehead atoms. The number of nitrogens with zero attached hydrogens (tertiary/aromatic N) is 1. The second-order valence-corrected chi connectivity index (χ2v) is 7.27.